The Kier molecular flexibility index (Phi) is 5.95. The monoisotopic (exact) mass is 333 g/mol. The molecule has 2 heteroatoms. The van der Waals surface area contributed by atoms with Crippen LogP contribution in [0.2, 0.25) is 38.3 Å². The van der Waals surface area contributed by atoms with E-state index in [1.807, 2.05) is 0 Å². The maximum Gasteiger partial charge on any atom is 0.0803 e. The molecule has 125 valence electrons. The molecule has 0 fully saturated rings. The van der Waals surface area contributed by atoms with E-state index in [0.717, 1.165) is 0 Å². The molecular weight excluding hydrogens is 296 g/mol. The fourth-order valence-corrected chi connectivity index (χ4v) is 8.47. The first-order valence-corrected chi connectivity index (χ1v) is 14.6. The van der Waals surface area contributed by atoms with E-state index >= 15 is 0 Å². The van der Waals surface area contributed by atoms with Gasteiger partial charge in [0.25, 0.3) is 0 Å². The third kappa shape index (κ3) is 5.38. The van der Waals surface area contributed by atoms with E-state index < -0.39 is 8.07 Å². The van der Waals surface area contributed by atoms with E-state index in [1.165, 1.54) is 23.2 Å². The van der Waals surface area contributed by atoms with Gasteiger partial charge >= 0.3 is 0 Å². The molecule has 0 heterocycles. The normalized spacial score (nSPS) is 13.8. The van der Waals surface area contributed by atoms with Crippen molar-refractivity contribution in [2.75, 3.05) is 0 Å². The van der Waals surface area contributed by atoms with Crippen LogP contribution in [0.4, 0.5) is 0 Å². The van der Waals surface area contributed by atoms with Gasteiger partial charge in [-0.25, -0.2) is 0 Å². The summed E-state index contributed by atoms with van der Waals surface area (Å²) in [7, 11) is -1.45. The zero-order chi connectivity index (χ0) is 17.3. The summed E-state index contributed by atoms with van der Waals surface area (Å²) >= 11 is 0. The van der Waals surface area contributed by atoms with Crippen molar-refractivity contribution < 1.29 is 0 Å². The third-order valence-corrected chi connectivity index (χ3v) is 9.80. The van der Waals surface area contributed by atoms with Gasteiger partial charge in [0.05, 0.1) is 8.07 Å². The molecule has 0 nitrogen and oxygen atoms in total. The Morgan fingerprint density at radius 1 is 0.818 bits per heavy atom. The van der Waals surface area contributed by atoms with Crippen molar-refractivity contribution in [3.05, 3.63) is 29.3 Å². The van der Waals surface area contributed by atoms with Gasteiger partial charge in [-0.05, 0) is 22.0 Å². The van der Waals surface area contributed by atoms with E-state index in [2.05, 4.69) is 85.9 Å². The minimum atomic E-state index is -1.34. The van der Waals surface area contributed by atoms with Crippen LogP contribution in [0.25, 0.3) is 0 Å². The molecule has 0 aromatic heterocycles. The molecular formula is C20H37Si2. The molecule has 1 aromatic carbocycles. The lowest BCUT2D eigenvalue weighted by atomic mass is 9.81. The van der Waals surface area contributed by atoms with Crippen LogP contribution in [-0.4, -0.2) is 16.9 Å². The first-order valence-electron chi connectivity index (χ1n) is 8.69. The molecule has 0 saturated heterocycles. The zero-order valence-corrected chi connectivity index (χ0v) is 18.6. The molecule has 1 radical (unpaired) electrons. The Morgan fingerprint density at radius 2 is 1.23 bits per heavy atom. The first kappa shape index (κ1) is 19.7. The van der Waals surface area contributed by atoms with Crippen LogP contribution in [0.5, 0.6) is 0 Å². The van der Waals surface area contributed by atoms with Crippen LogP contribution in [0.3, 0.4) is 0 Å². The van der Waals surface area contributed by atoms with E-state index in [9.17, 15) is 0 Å². The SMILES string of the molecule is C[Si](C)CC[Si](C)(C)c1cc(C(C)(C)C)cc(C(C)(C)C)c1. The van der Waals surface area contributed by atoms with Crippen molar-refractivity contribution in [3.8, 4) is 0 Å². The second-order valence-electron chi connectivity index (χ2n) is 9.89. The summed E-state index contributed by atoms with van der Waals surface area (Å²) in [5.41, 5.74) is 3.47. The van der Waals surface area contributed by atoms with Gasteiger partial charge in [-0.15, -0.1) is 0 Å². The van der Waals surface area contributed by atoms with E-state index in [4.69, 9.17) is 0 Å². The summed E-state index contributed by atoms with van der Waals surface area (Å²) in [4.78, 5) is 0. The molecule has 1 aromatic rings. The maximum absolute atomic E-state index is 2.56. The first-order chi connectivity index (χ1) is 9.73. The molecule has 0 bridgehead atoms. The number of benzene rings is 1. The van der Waals surface area contributed by atoms with Gasteiger partial charge in [0.2, 0.25) is 0 Å². The van der Waals surface area contributed by atoms with Crippen molar-refractivity contribution >= 4 is 22.1 Å². The van der Waals surface area contributed by atoms with E-state index in [0.29, 0.717) is 0 Å². The number of hydrogen-bond donors (Lipinski definition) is 0. The van der Waals surface area contributed by atoms with Gasteiger partial charge < -0.3 is 0 Å². The van der Waals surface area contributed by atoms with E-state index in [-0.39, 0.29) is 19.6 Å². The molecule has 0 N–H and O–H groups in total. The third-order valence-electron chi connectivity index (χ3n) is 4.70. The molecule has 22 heavy (non-hydrogen) atoms. The molecule has 0 aliphatic heterocycles. The smallest absolute Gasteiger partial charge is 0.0713 e. The Morgan fingerprint density at radius 3 is 1.55 bits per heavy atom. The molecule has 0 unspecified atom stereocenters. The fourth-order valence-electron chi connectivity index (χ4n) is 2.59. The molecule has 0 aliphatic carbocycles. The summed E-state index contributed by atoms with van der Waals surface area (Å²) in [5.74, 6) is 0. The minimum Gasteiger partial charge on any atom is -0.0713 e. The average Bonchev–Trinajstić information content (AvgIpc) is 2.34. The van der Waals surface area contributed by atoms with Crippen molar-refractivity contribution in [1.82, 2.24) is 0 Å². The van der Waals surface area contributed by atoms with Gasteiger partial charge in [-0.1, -0.05) is 103 Å². The Balaban J connectivity index is 3.35. The van der Waals surface area contributed by atoms with Crippen LogP contribution < -0.4 is 5.19 Å². The Labute approximate surface area is 142 Å². The van der Waals surface area contributed by atoms with Gasteiger partial charge in [0.1, 0.15) is 0 Å². The van der Waals surface area contributed by atoms with Crippen molar-refractivity contribution in [3.63, 3.8) is 0 Å². The summed E-state index contributed by atoms with van der Waals surface area (Å²) in [6.45, 7) is 24.1. The van der Waals surface area contributed by atoms with Gasteiger partial charge in [0, 0.05) is 8.80 Å². The van der Waals surface area contributed by atoms with Crippen LogP contribution in [-0.2, 0) is 10.8 Å². The molecule has 0 atom stereocenters. The predicted octanol–water partition coefficient (Wildman–Crippen LogP) is 5.95. The predicted molar refractivity (Wildman–Crippen MR) is 108 cm³/mol. The van der Waals surface area contributed by atoms with Gasteiger partial charge in [0.15, 0.2) is 0 Å². The van der Waals surface area contributed by atoms with Crippen LogP contribution in [0, 0.1) is 0 Å². The number of rotatable bonds is 4. The highest BCUT2D eigenvalue weighted by molar-refractivity contribution is 6.90. The lowest BCUT2D eigenvalue weighted by Gasteiger charge is -2.31. The zero-order valence-electron chi connectivity index (χ0n) is 16.6. The minimum absolute atomic E-state index is 0.116. The second-order valence-corrected chi connectivity index (χ2v) is 17.6. The highest BCUT2D eigenvalue weighted by Gasteiger charge is 2.28. The summed E-state index contributed by atoms with van der Waals surface area (Å²) < 4.78 is 0. The molecule has 1 rings (SSSR count). The molecule has 0 amide bonds. The quantitative estimate of drug-likeness (QED) is 0.597. The molecule has 0 aliphatic rings. The highest BCUT2D eigenvalue weighted by atomic mass is 28.3. The summed E-state index contributed by atoms with van der Waals surface area (Å²) in [6.07, 6.45) is 0. The standard InChI is InChI=1S/C20H37Si2/c1-19(2,3)16-13-17(20(4,5)6)15-18(14-16)22(9,10)12-11-21(7)8/h13-15H,11-12H2,1-10H3. The summed E-state index contributed by atoms with van der Waals surface area (Å²) in [6, 6.07) is 10.4. The van der Waals surface area contributed by atoms with Gasteiger partial charge in [-0.3, -0.25) is 0 Å². The Hall–Kier alpha value is -0.346. The maximum atomic E-state index is 2.56. The molecule has 0 saturated carbocycles. The van der Waals surface area contributed by atoms with Crippen LogP contribution >= 0.6 is 0 Å². The summed E-state index contributed by atoms with van der Waals surface area (Å²) in [5, 5.41) is 1.66. The van der Waals surface area contributed by atoms with Crippen molar-refractivity contribution in [2.24, 2.45) is 0 Å². The van der Waals surface area contributed by atoms with E-state index in [1.54, 1.807) is 5.19 Å². The topological polar surface area (TPSA) is 0 Å². The largest absolute Gasteiger partial charge is 0.0803 e. The fraction of sp³-hybridized carbons (Fsp3) is 0.700. The van der Waals surface area contributed by atoms with Crippen molar-refractivity contribution in [2.45, 2.75) is 90.6 Å². The van der Waals surface area contributed by atoms with Crippen LogP contribution in [0.1, 0.15) is 52.7 Å². The lowest BCUT2D eigenvalue weighted by Crippen LogP contribution is -2.43. The second kappa shape index (κ2) is 6.64. The van der Waals surface area contributed by atoms with Crippen molar-refractivity contribution in [1.29, 1.82) is 0 Å². The molecule has 0 spiro atoms. The lowest BCUT2D eigenvalue weighted by molar-refractivity contribution is 0.569. The highest BCUT2D eigenvalue weighted by Crippen LogP contribution is 2.29. The van der Waals surface area contributed by atoms with Gasteiger partial charge in [-0.2, -0.15) is 0 Å². The number of hydrogen-bond acceptors (Lipinski definition) is 0. The average molecular weight is 334 g/mol. The van der Waals surface area contributed by atoms with Crippen LogP contribution in [0.15, 0.2) is 18.2 Å². The Bertz CT molecular complexity index is 467.